The number of carbonyl (C=O) groups is 1. The minimum atomic E-state index is -0.543. The third kappa shape index (κ3) is 4.23. The Balaban J connectivity index is 1.62. The van der Waals surface area contributed by atoms with Crippen molar-refractivity contribution in [1.29, 1.82) is 0 Å². The Kier molecular flexibility index (Phi) is 5.49. The number of benzene rings is 2. The molecule has 0 spiro atoms. The van der Waals surface area contributed by atoms with Crippen LogP contribution in [0.2, 0.25) is 0 Å². The second kappa shape index (κ2) is 8.16. The molecule has 3 aromatic rings. The number of methoxy groups -OCH3 is 1. The van der Waals surface area contributed by atoms with Gasteiger partial charge in [-0.25, -0.2) is 0 Å². The van der Waals surface area contributed by atoms with Crippen LogP contribution in [0.25, 0.3) is 11.5 Å². The Labute approximate surface area is 159 Å². The Bertz CT molecular complexity index is 986. The highest BCUT2D eigenvalue weighted by atomic mass is 16.6. The molecule has 0 aliphatic heterocycles. The Morgan fingerprint density at radius 1 is 1.29 bits per heavy atom. The fourth-order valence-electron chi connectivity index (χ4n) is 2.44. The van der Waals surface area contributed by atoms with E-state index < -0.39 is 10.8 Å². The monoisotopic (exact) mass is 384 g/mol. The molecule has 1 amide bonds. The summed E-state index contributed by atoms with van der Waals surface area (Å²) in [5.41, 5.74) is 1.49. The van der Waals surface area contributed by atoms with Crippen LogP contribution in [0.3, 0.4) is 0 Å². The predicted molar refractivity (Wildman–Crippen MR) is 98.2 cm³/mol. The van der Waals surface area contributed by atoms with Gasteiger partial charge in [-0.1, -0.05) is 0 Å². The second-order valence-electron chi connectivity index (χ2n) is 5.70. The molecule has 0 fully saturated rings. The summed E-state index contributed by atoms with van der Waals surface area (Å²) in [6.45, 7) is 1.41. The number of ether oxygens (including phenoxy) is 2. The lowest BCUT2D eigenvalue weighted by Crippen LogP contribution is -2.20. The second-order valence-corrected chi connectivity index (χ2v) is 5.70. The van der Waals surface area contributed by atoms with Gasteiger partial charge in [0.1, 0.15) is 5.75 Å². The molecule has 3 rings (SSSR count). The van der Waals surface area contributed by atoms with Crippen molar-refractivity contribution < 1.29 is 23.6 Å². The van der Waals surface area contributed by atoms with Gasteiger partial charge in [0.05, 0.1) is 12.0 Å². The van der Waals surface area contributed by atoms with Gasteiger partial charge < -0.3 is 19.2 Å². The zero-order chi connectivity index (χ0) is 20.1. The van der Waals surface area contributed by atoms with Crippen molar-refractivity contribution in [3.8, 4) is 23.0 Å². The minimum absolute atomic E-state index is 0.0587. The SMILES string of the molecule is COc1cc(NC(=O)COc2ccc(-c3nnco3)cc2)c(C)cc1[N+](=O)[O-]. The molecule has 10 heteroatoms. The largest absolute Gasteiger partial charge is 0.490 e. The smallest absolute Gasteiger partial charge is 0.311 e. The molecule has 0 saturated carbocycles. The van der Waals surface area contributed by atoms with Crippen LogP contribution in [-0.2, 0) is 4.79 Å². The Hall–Kier alpha value is -3.95. The van der Waals surface area contributed by atoms with E-state index in [9.17, 15) is 14.9 Å². The van der Waals surface area contributed by atoms with E-state index >= 15 is 0 Å². The maximum Gasteiger partial charge on any atom is 0.311 e. The van der Waals surface area contributed by atoms with Crippen LogP contribution in [0.1, 0.15) is 5.56 Å². The van der Waals surface area contributed by atoms with Gasteiger partial charge in [0.25, 0.3) is 5.91 Å². The van der Waals surface area contributed by atoms with E-state index in [1.807, 2.05) is 0 Å². The summed E-state index contributed by atoms with van der Waals surface area (Å²) in [5.74, 6) is 0.506. The van der Waals surface area contributed by atoms with Crippen LogP contribution in [0, 0.1) is 17.0 Å². The summed E-state index contributed by atoms with van der Waals surface area (Å²) >= 11 is 0. The van der Waals surface area contributed by atoms with Crippen LogP contribution in [0.5, 0.6) is 11.5 Å². The van der Waals surface area contributed by atoms with Gasteiger partial charge >= 0.3 is 5.69 Å². The van der Waals surface area contributed by atoms with E-state index in [0.717, 1.165) is 5.56 Å². The molecule has 0 bridgehead atoms. The lowest BCUT2D eigenvalue weighted by atomic mass is 10.1. The van der Waals surface area contributed by atoms with Crippen molar-refractivity contribution in [2.45, 2.75) is 6.92 Å². The van der Waals surface area contributed by atoms with Gasteiger partial charge in [-0.3, -0.25) is 14.9 Å². The molecule has 0 radical (unpaired) electrons. The molecule has 0 saturated heterocycles. The summed E-state index contributed by atoms with van der Waals surface area (Å²) in [7, 11) is 1.32. The lowest BCUT2D eigenvalue weighted by molar-refractivity contribution is -0.385. The molecule has 2 aromatic carbocycles. The van der Waals surface area contributed by atoms with Crippen molar-refractivity contribution in [2.24, 2.45) is 0 Å². The lowest BCUT2D eigenvalue weighted by Gasteiger charge is -2.11. The van der Waals surface area contributed by atoms with Crippen LogP contribution in [0.15, 0.2) is 47.2 Å². The third-order valence-electron chi connectivity index (χ3n) is 3.83. The van der Waals surface area contributed by atoms with Gasteiger partial charge in [0, 0.05) is 23.4 Å². The first-order valence-electron chi connectivity index (χ1n) is 8.10. The molecule has 1 N–H and O–H groups in total. The van der Waals surface area contributed by atoms with Gasteiger partial charge in [0.15, 0.2) is 12.4 Å². The van der Waals surface area contributed by atoms with E-state index in [0.29, 0.717) is 22.9 Å². The fraction of sp³-hybridized carbons (Fsp3) is 0.167. The molecule has 0 aliphatic carbocycles. The number of anilines is 1. The number of nitrogens with zero attached hydrogens (tertiary/aromatic N) is 3. The summed E-state index contributed by atoms with van der Waals surface area (Å²) in [5, 5.41) is 21.1. The number of aromatic nitrogens is 2. The molecular weight excluding hydrogens is 368 g/mol. The molecule has 1 heterocycles. The summed E-state index contributed by atoms with van der Waals surface area (Å²) in [6, 6.07) is 9.55. The number of nitro groups is 1. The number of carbonyl (C=O) groups excluding carboxylic acids is 1. The van der Waals surface area contributed by atoms with Gasteiger partial charge in [0.2, 0.25) is 12.3 Å². The van der Waals surface area contributed by atoms with E-state index in [-0.39, 0.29) is 18.0 Å². The highest BCUT2D eigenvalue weighted by molar-refractivity contribution is 5.93. The average Bonchev–Trinajstić information content (AvgIpc) is 3.22. The first-order valence-corrected chi connectivity index (χ1v) is 8.10. The number of rotatable bonds is 7. The number of nitrogens with one attached hydrogen (secondary N) is 1. The first kappa shape index (κ1) is 18.8. The Morgan fingerprint density at radius 3 is 2.64 bits per heavy atom. The molecule has 1 aromatic heterocycles. The van der Waals surface area contributed by atoms with Crippen molar-refractivity contribution in [3.63, 3.8) is 0 Å². The Morgan fingerprint density at radius 2 is 2.04 bits per heavy atom. The maximum atomic E-state index is 12.2. The van der Waals surface area contributed by atoms with Crippen LogP contribution in [0.4, 0.5) is 11.4 Å². The molecule has 28 heavy (non-hydrogen) atoms. The van der Waals surface area contributed by atoms with Gasteiger partial charge in [-0.05, 0) is 36.8 Å². The summed E-state index contributed by atoms with van der Waals surface area (Å²) < 4.78 is 15.6. The first-order chi connectivity index (χ1) is 13.5. The standard InChI is InChI=1S/C18H16N4O6/c1-11-7-15(22(24)25)16(26-2)8-14(11)20-17(23)9-27-13-5-3-12(4-6-13)18-21-19-10-28-18/h3-8,10H,9H2,1-2H3,(H,20,23). The van der Waals surface area contributed by atoms with E-state index in [2.05, 4.69) is 15.5 Å². The molecule has 144 valence electrons. The fourth-order valence-corrected chi connectivity index (χ4v) is 2.44. The number of aryl methyl sites for hydroxylation is 1. The highest BCUT2D eigenvalue weighted by Crippen LogP contribution is 2.32. The quantitative estimate of drug-likeness (QED) is 0.486. The molecular formula is C18H16N4O6. The topological polar surface area (TPSA) is 130 Å². The number of amides is 1. The predicted octanol–water partition coefficient (Wildman–Crippen LogP) is 2.98. The molecule has 0 unspecified atom stereocenters. The van der Waals surface area contributed by atoms with Crippen LogP contribution >= 0.6 is 0 Å². The number of hydrogen-bond acceptors (Lipinski definition) is 8. The minimum Gasteiger partial charge on any atom is -0.490 e. The molecule has 10 nitrogen and oxygen atoms in total. The van der Waals surface area contributed by atoms with Crippen LogP contribution < -0.4 is 14.8 Å². The normalized spacial score (nSPS) is 10.4. The zero-order valence-corrected chi connectivity index (χ0v) is 15.0. The van der Waals surface area contributed by atoms with Gasteiger partial charge in [-0.2, -0.15) is 0 Å². The van der Waals surface area contributed by atoms with E-state index in [1.54, 1.807) is 31.2 Å². The number of nitro benzene ring substituents is 1. The molecule has 0 aliphatic rings. The zero-order valence-electron chi connectivity index (χ0n) is 15.0. The summed E-state index contributed by atoms with van der Waals surface area (Å²) in [6.07, 6.45) is 1.24. The highest BCUT2D eigenvalue weighted by Gasteiger charge is 2.18. The van der Waals surface area contributed by atoms with Crippen molar-refractivity contribution in [2.75, 3.05) is 19.0 Å². The van der Waals surface area contributed by atoms with E-state index in [1.165, 1.54) is 25.6 Å². The average molecular weight is 384 g/mol. The third-order valence-corrected chi connectivity index (χ3v) is 3.83. The number of hydrogen-bond donors (Lipinski definition) is 1. The summed E-state index contributed by atoms with van der Waals surface area (Å²) in [4.78, 5) is 22.7. The van der Waals surface area contributed by atoms with Gasteiger partial charge in [-0.15, -0.1) is 10.2 Å². The van der Waals surface area contributed by atoms with Crippen LogP contribution in [-0.4, -0.2) is 34.7 Å². The molecule has 0 atom stereocenters. The van der Waals surface area contributed by atoms with Crippen molar-refractivity contribution >= 4 is 17.3 Å². The van der Waals surface area contributed by atoms with Crippen molar-refractivity contribution in [3.05, 3.63) is 58.5 Å². The van der Waals surface area contributed by atoms with E-state index in [4.69, 9.17) is 13.9 Å². The maximum absolute atomic E-state index is 12.2. The van der Waals surface area contributed by atoms with Crippen molar-refractivity contribution in [1.82, 2.24) is 10.2 Å².